The lowest BCUT2D eigenvalue weighted by atomic mass is 10.2. The Morgan fingerprint density at radius 3 is 2.43 bits per heavy atom. The topological polar surface area (TPSA) is 37.0 Å². The summed E-state index contributed by atoms with van der Waals surface area (Å²) in [4.78, 5) is 4.61. The molecule has 5 nitrogen and oxygen atoms in total. The van der Waals surface area contributed by atoms with E-state index in [2.05, 4.69) is 33.3 Å². The van der Waals surface area contributed by atoms with Crippen molar-refractivity contribution in [3.63, 3.8) is 0 Å². The molecule has 2 atom stereocenters. The van der Waals surface area contributed by atoms with Crippen LogP contribution in [0, 0.1) is 23.6 Å². The third kappa shape index (κ3) is 5.14. The number of ether oxygens (including phenoxy) is 2. The van der Waals surface area contributed by atoms with Crippen molar-refractivity contribution >= 4 is 11.4 Å². The predicted octanol–water partition coefficient (Wildman–Crippen LogP) is 5.24. The minimum atomic E-state index is -0.155. The number of piperidine rings is 1. The van der Waals surface area contributed by atoms with E-state index in [-0.39, 0.29) is 5.82 Å². The van der Waals surface area contributed by atoms with Gasteiger partial charge in [-0.15, -0.1) is 0 Å². The van der Waals surface area contributed by atoms with Crippen LogP contribution in [0.25, 0.3) is 0 Å². The fraction of sp³-hybridized carbons (Fsp3) is 0.379. The fourth-order valence-corrected chi connectivity index (χ4v) is 5.67. The van der Waals surface area contributed by atoms with Crippen LogP contribution in [0.1, 0.15) is 5.56 Å². The summed E-state index contributed by atoms with van der Waals surface area (Å²) in [5, 5.41) is 3.48. The Balaban J connectivity index is 0.974. The maximum absolute atomic E-state index is 14.7. The van der Waals surface area contributed by atoms with Gasteiger partial charge in [-0.2, -0.15) is 0 Å². The summed E-state index contributed by atoms with van der Waals surface area (Å²) < 4.78 is 26.0. The number of morpholine rings is 1. The van der Waals surface area contributed by atoms with Crippen LogP contribution in [-0.4, -0.2) is 50.8 Å². The molecule has 1 aliphatic carbocycles. The van der Waals surface area contributed by atoms with Crippen LogP contribution >= 0.6 is 0 Å². The number of likely N-dealkylation sites (tertiary alicyclic amines) is 1. The molecular formula is C29H32FN3O2. The first kappa shape index (κ1) is 22.4. The van der Waals surface area contributed by atoms with Crippen LogP contribution in [0.2, 0.25) is 0 Å². The minimum absolute atomic E-state index is 0.155. The number of fused-ring (bicyclic) bond motifs is 1. The zero-order valence-corrected chi connectivity index (χ0v) is 19.9. The number of hydrogen-bond acceptors (Lipinski definition) is 5. The number of halogens is 1. The number of nitrogens with one attached hydrogen (secondary N) is 1. The molecule has 6 rings (SSSR count). The van der Waals surface area contributed by atoms with Gasteiger partial charge in [-0.1, -0.05) is 30.3 Å². The average molecular weight is 474 g/mol. The lowest BCUT2D eigenvalue weighted by Gasteiger charge is -2.29. The van der Waals surface area contributed by atoms with Gasteiger partial charge in [0.15, 0.2) is 0 Å². The van der Waals surface area contributed by atoms with Gasteiger partial charge in [-0.3, -0.25) is 4.90 Å². The highest BCUT2D eigenvalue weighted by Crippen LogP contribution is 2.52. The van der Waals surface area contributed by atoms with Crippen LogP contribution < -0.4 is 15.0 Å². The standard InChI is InChI=1S/C29H32FN3O2/c30-28-16-22(9-10-29(28)33-11-13-34-14-12-33)31-17-25-26-19-32(20-27(25)26)18-21-5-4-8-24(15-21)35-23-6-2-1-3-7-23/h1-10,15-16,25-27,31H,11-14,17-20H2. The SMILES string of the molecule is Fc1cc(NCC2C3CN(Cc4cccc(Oc5ccccc5)c4)CC23)ccc1N1CCOCC1. The summed E-state index contributed by atoms with van der Waals surface area (Å²) in [6, 6.07) is 23.8. The monoisotopic (exact) mass is 473 g/mol. The Morgan fingerprint density at radius 1 is 0.886 bits per heavy atom. The van der Waals surface area contributed by atoms with Crippen LogP contribution in [0.15, 0.2) is 72.8 Å². The lowest BCUT2D eigenvalue weighted by molar-refractivity contribution is 0.122. The Kier molecular flexibility index (Phi) is 6.32. The second kappa shape index (κ2) is 9.88. The molecule has 3 aromatic carbocycles. The van der Waals surface area contributed by atoms with Crippen molar-refractivity contribution in [2.24, 2.45) is 17.8 Å². The number of anilines is 2. The molecule has 1 N–H and O–H groups in total. The Bertz CT molecular complexity index is 1140. The quantitative estimate of drug-likeness (QED) is 0.484. The molecule has 35 heavy (non-hydrogen) atoms. The summed E-state index contributed by atoms with van der Waals surface area (Å²) in [6.45, 7) is 6.94. The summed E-state index contributed by atoms with van der Waals surface area (Å²) in [5.74, 6) is 3.75. The summed E-state index contributed by atoms with van der Waals surface area (Å²) >= 11 is 0. The van der Waals surface area contributed by atoms with E-state index in [4.69, 9.17) is 9.47 Å². The van der Waals surface area contributed by atoms with Gasteiger partial charge in [-0.05, 0) is 65.8 Å². The third-order valence-corrected chi connectivity index (χ3v) is 7.57. The average Bonchev–Trinajstić information content (AvgIpc) is 3.34. The van der Waals surface area contributed by atoms with Crippen LogP contribution in [-0.2, 0) is 11.3 Å². The van der Waals surface area contributed by atoms with E-state index in [0.29, 0.717) is 24.8 Å². The van der Waals surface area contributed by atoms with Crippen LogP contribution in [0.5, 0.6) is 11.5 Å². The molecule has 182 valence electrons. The molecule has 0 amide bonds. The molecule has 0 spiro atoms. The molecule has 3 fully saturated rings. The maximum atomic E-state index is 14.7. The Labute approximate surface area is 206 Å². The van der Waals surface area contributed by atoms with E-state index < -0.39 is 0 Å². The first-order valence-electron chi connectivity index (χ1n) is 12.6. The molecule has 0 bridgehead atoms. The molecule has 0 aromatic heterocycles. The van der Waals surface area contributed by atoms with Gasteiger partial charge in [0.1, 0.15) is 17.3 Å². The second-order valence-electron chi connectivity index (χ2n) is 9.89. The molecule has 2 heterocycles. The van der Waals surface area contributed by atoms with E-state index in [1.54, 1.807) is 6.07 Å². The molecule has 2 saturated heterocycles. The minimum Gasteiger partial charge on any atom is -0.457 e. The normalized spacial score (nSPS) is 23.7. The summed E-state index contributed by atoms with van der Waals surface area (Å²) in [5.41, 5.74) is 2.83. The van der Waals surface area contributed by atoms with Gasteiger partial charge in [0.2, 0.25) is 0 Å². The molecule has 0 radical (unpaired) electrons. The number of benzene rings is 3. The van der Waals surface area contributed by atoms with Crippen molar-refractivity contribution < 1.29 is 13.9 Å². The van der Waals surface area contributed by atoms with Crippen LogP contribution in [0.3, 0.4) is 0 Å². The van der Waals surface area contributed by atoms with Crippen molar-refractivity contribution in [1.82, 2.24) is 4.90 Å². The number of rotatable bonds is 8. The lowest BCUT2D eigenvalue weighted by Crippen LogP contribution is -2.36. The molecule has 3 aliphatic rings. The van der Waals surface area contributed by atoms with Gasteiger partial charge in [0.05, 0.1) is 18.9 Å². The second-order valence-corrected chi connectivity index (χ2v) is 9.89. The number of para-hydroxylation sites is 1. The highest BCUT2D eigenvalue weighted by molar-refractivity contribution is 5.56. The summed E-state index contributed by atoms with van der Waals surface area (Å²) in [7, 11) is 0. The van der Waals surface area contributed by atoms with Crippen molar-refractivity contribution in [2.45, 2.75) is 6.54 Å². The molecule has 2 aliphatic heterocycles. The van der Waals surface area contributed by atoms with E-state index >= 15 is 0 Å². The van der Waals surface area contributed by atoms with Crippen molar-refractivity contribution in [2.75, 3.05) is 56.2 Å². The largest absolute Gasteiger partial charge is 0.457 e. The zero-order chi connectivity index (χ0) is 23.6. The first-order chi connectivity index (χ1) is 17.2. The van der Waals surface area contributed by atoms with Gasteiger partial charge in [0.25, 0.3) is 0 Å². The molecular weight excluding hydrogens is 441 g/mol. The Hall–Kier alpha value is -3.09. The van der Waals surface area contributed by atoms with Crippen molar-refractivity contribution in [3.8, 4) is 11.5 Å². The Morgan fingerprint density at radius 2 is 1.66 bits per heavy atom. The van der Waals surface area contributed by atoms with Crippen molar-refractivity contribution in [1.29, 1.82) is 0 Å². The third-order valence-electron chi connectivity index (χ3n) is 7.57. The smallest absolute Gasteiger partial charge is 0.148 e. The highest BCUT2D eigenvalue weighted by atomic mass is 19.1. The molecule has 6 heteroatoms. The highest BCUT2D eigenvalue weighted by Gasteiger charge is 2.54. The van der Waals surface area contributed by atoms with Gasteiger partial charge in [-0.25, -0.2) is 4.39 Å². The van der Waals surface area contributed by atoms with Gasteiger partial charge >= 0.3 is 0 Å². The van der Waals surface area contributed by atoms with Crippen molar-refractivity contribution in [3.05, 3.63) is 84.2 Å². The van der Waals surface area contributed by atoms with Gasteiger partial charge in [0, 0.05) is 45.0 Å². The van der Waals surface area contributed by atoms with E-state index in [1.165, 1.54) is 5.56 Å². The number of hydrogen-bond donors (Lipinski definition) is 1. The molecule has 3 aromatic rings. The first-order valence-corrected chi connectivity index (χ1v) is 12.6. The van der Waals surface area contributed by atoms with Gasteiger partial charge < -0.3 is 19.7 Å². The van der Waals surface area contributed by atoms with E-state index in [1.807, 2.05) is 48.5 Å². The number of nitrogens with zero attached hydrogens (tertiary/aromatic N) is 2. The fourth-order valence-electron chi connectivity index (χ4n) is 5.67. The predicted molar refractivity (Wildman–Crippen MR) is 137 cm³/mol. The van der Waals surface area contributed by atoms with Crippen LogP contribution in [0.4, 0.5) is 15.8 Å². The summed E-state index contributed by atoms with van der Waals surface area (Å²) in [6.07, 6.45) is 0. The maximum Gasteiger partial charge on any atom is 0.148 e. The molecule has 2 unspecified atom stereocenters. The van der Waals surface area contributed by atoms with E-state index in [9.17, 15) is 4.39 Å². The zero-order valence-electron chi connectivity index (χ0n) is 19.9. The molecule has 1 saturated carbocycles. The van der Waals surface area contributed by atoms with E-state index in [0.717, 1.165) is 68.3 Å².